The Labute approximate surface area is 105 Å². The van der Waals surface area contributed by atoms with Crippen molar-refractivity contribution < 1.29 is 9.53 Å². The second-order valence-electron chi connectivity index (χ2n) is 3.86. The minimum atomic E-state index is -0.122. The summed E-state index contributed by atoms with van der Waals surface area (Å²) >= 11 is 0. The van der Waals surface area contributed by atoms with Gasteiger partial charge < -0.3 is 4.74 Å². The summed E-state index contributed by atoms with van der Waals surface area (Å²) in [5.74, 6) is 0.979. The second-order valence-corrected chi connectivity index (χ2v) is 3.86. The predicted molar refractivity (Wildman–Crippen MR) is 66.7 cm³/mol. The zero-order valence-electron chi connectivity index (χ0n) is 10.5. The molecule has 0 aliphatic carbocycles. The molecule has 2 rings (SSSR count). The molecular formula is C13H15N3O2. The number of hydrogen-bond acceptors (Lipinski definition) is 4. The summed E-state index contributed by atoms with van der Waals surface area (Å²) in [5, 5.41) is 4.05. The Morgan fingerprint density at radius 3 is 2.67 bits per heavy atom. The van der Waals surface area contributed by atoms with Crippen molar-refractivity contribution in [2.75, 3.05) is 7.11 Å². The van der Waals surface area contributed by atoms with Gasteiger partial charge in [-0.25, -0.2) is 9.67 Å². The van der Waals surface area contributed by atoms with Gasteiger partial charge in [0.2, 0.25) is 5.78 Å². The molecule has 1 aromatic carbocycles. The number of aryl methyl sites for hydroxylation is 1. The van der Waals surface area contributed by atoms with E-state index in [1.54, 1.807) is 36.1 Å². The molecule has 0 aliphatic rings. The highest BCUT2D eigenvalue weighted by Crippen LogP contribution is 2.14. The van der Waals surface area contributed by atoms with E-state index in [9.17, 15) is 4.79 Å². The quantitative estimate of drug-likeness (QED) is 0.755. The number of rotatable bonds is 5. The molecule has 0 N–H and O–H groups in total. The normalized spacial score (nSPS) is 10.3. The molecule has 5 heteroatoms. The highest BCUT2D eigenvalue weighted by atomic mass is 16.5. The van der Waals surface area contributed by atoms with Gasteiger partial charge in [0.15, 0.2) is 5.82 Å². The van der Waals surface area contributed by atoms with Crippen LogP contribution in [-0.2, 0) is 6.54 Å². The van der Waals surface area contributed by atoms with Crippen LogP contribution in [0.1, 0.15) is 29.5 Å². The first-order valence-corrected chi connectivity index (χ1v) is 5.82. The first kappa shape index (κ1) is 12.3. The third-order valence-corrected chi connectivity index (χ3v) is 2.61. The lowest BCUT2D eigenvalue weighted by molar-refractivity contribution is 0.102. The molecular weight excluding hydrogens is 230 g/mol. The third kappa shape index (κ3) is 2.40. The number of nitrogens with zero attached hydrogens (tertiary/aromatic N) is 3. The minimum absolute atomic E-state index is 0.122. The molecule has 2 aromatic rings. The average Bonchev–Trinajstić information content (AvgIpc) is 2.87. The average molecular weight is 245 g/mol. The van der Waals surface area contributed by atoms with E-state index < -0.39 is 0 Å². The Balaban J connectivity index is 2.26. The first-order chi connectivity index (χ1) is 8.76. The van der Waals surface area contributed by atoms with E-state index in [1.807, 2.05) is 6.92 Å². The van der Waals surface area contributed by atoms with E-state index in [2.05, 4.69) is 10.1 Å². The maximum atomic E-state index is 12.2. The van der Waals surface area contributed by atoms with E-state index in [4.69, 9.17) is 4.74 Å². The Kier molecular flexibility index (Phi) is 3.72. The zero-order chi connectivity index (χ0) is 13.0. The molecule has 0 atom stereocenters. The van der Waals surface area contributed by atoms with Crippen molar-refractivity contribution in [1.29, 1.82) is 0 Å². The smallest absolute Gasteiger partial charge is 0.229 e. The molecule has 0 spiro atoms. The van der Waals surface area contributed by atoms with Gasteiger partial charge in [-0.2, -0.15) is 5.10 Å². The van der Waals surface area contributed by atoms with Gasteiger partial charge in [0.1, 0.15) is 12.1 Å². The fourth-order valence-electron chi connectivity index (χ4n) is 1.69. The lowest BCUT2D eigenvalue weighted by Gasteiger charge is -2.04. The maximum absolute atomic E-state index is 12.2. The van der Waals surface area contributed by atoms with Gasteiger partial charge in [-0.05, 0) is 30.7 Å². The van der Waals surface area contributed by atoms with Crippen molar-refractivity contribution in [3.63, 3.8) is 0 Å². The monoisotopic (exact) mass is 245 g/mol. The summed E-state index contributed by atoms with van der Waals surface area (Å²) < 4.78 is 6.69. The molecule has 0 unspecified atom stereocenters. The topological polar surface area (TPSA) is 57.0 Å². The first-order valence-electron chi connectivity index (χ1n) is 5.82. The van der Waals surface area contributed by atoms with Gasteiger partial charge >= 0.3 is 0 Å². The number of benzene rings is 1. The summed E-state index contributed by atoms with van der Waals surface area (Å²) in [5.41, 5.74) is 0.584. The van der Waals surface area contributed by atoms with Gasteiger partial charge in [0, 0.05) is 12.1 Å². The van der Waals surface area contributed by atoms with Crippen LogP contribution in [0.4, 0.5) is 0 Å². The van der Waals surface area contributed by atoms with E-state index in [-0.39, 0.29) is 5.78 Å². The summed E-state index contributed by atoms with van der Waals surface area (Å²) in [6.07, 6.45) is 2.32. The van der Waals surface area contributed by atoms with E-state index in [0.29, 0.717) is 17.9 Å². The Hall–Kier alpha value is -2.17. The van der Waals surface area contributed by atoms with Gasteiger partial charge in [-0.15, -0.1) is 0 Å². The van der Waals surface area contributed by atoms with E-state index in [0.717, 1.165) is 12.2 Å². The predicted octanol–water partition coefficient (Wildman–Crippen LogP) is 1.93. The molecule has 94 valence electrons. The molecule has 1 aromatic heterocycles. The number of ketones is 1. The van der Waals surface area contributed by atoms with Crippen molar-refractivity contribution >= 4 is 5.78 Å². The molecule has 5 nitrogen and oxygen atoms in total. The lowest BCUT2D eigenvalue weighted by atomic mass is 10.1. The molecule has 0 radical (unpaired) electrons. The van der Waals surface area contributed by atoms with Crippen LogP contribution in [0.3, 0.4) is 0 Å². The standard InChI is InChI=1S/C13H15N3O2/c1-3-8-16-13(14-9-15-16)12(17)10-4-6-11(18-2)7-5-10/h4-7,9H,3,8H2,1-2H3. The molecule has 0 fully saturated rings. The third-order valence-electron chi connectivity index (χ3n) is 2.61. The molecule has 0 saturated carbocycles. The maximum Gasteiger partial charge on any atom is 0.229 e. The van der Waals surface area contributed by atoms with Crippen LogP contribution in [-0.4, -0.2) is 27.7 Å². The van der Waals surface area contributed by atoms with Gasteiger partial charge in [-0.3, -0.25) is 4.79 Å². The molecule has 18 heavy (non-hydrogen) atoms. The fraction of sp³-hybridized carbons (Fsp3) is 0.308. The van der Waals surface area contributed by atoms with Crippen molar-refractivity contribution in [1.82, 2.24) is 14.8 Å². The van der Waals surface area contributed by atoms with Crippen LogP contribution >= 0.6 is 0 Å². The summed E-state index contributed by atoms with van der Waals surface area (Å²) in [7, 11) is 1.59. The molecule has 0 aliphatic heterocycles. The van der Waals surface area contributed by atoms with Crippen molar-refractivity contribution in [3.05, 3.63) is 42.0 Å². The lowest BCUT2D eigenvalue weighted by Crippen LogP contribution is -2.12. The van der Waals surface area contributed by atoms with Crippen LogP contribution in [0, 0.1) is 0 Å². The number of carbonyl (C=O) groups is 1. The van der Waals surface area contributed by atoms with Gasteiger partial charge in [0.05, 0.1) is 7.11 Å². The van der Waals surface area contributed by atoms with E-state index >= 15 is 0 Å². The number of methoxy groups -OCH3 is 1. The van der Waals surface area contributed by atoms with Gasteiger partial charge in [-0.1, -0.05) is 6.92 Å². The van der Waals surface area contributed by atoms with Crippen LogP contribution in [0.15, 0.2) is 30.6 Å². The van der Waals surface area contributed by atoms with Crippen molar-refractivity contribution in [2.24, 2.45) is 0 Å². The van der Waals surface area contributed by atoms with Crippen molar-refractivity contribution in [3.8, 4) is 5.75 Å². The number of aromatic nitrogens is 3. The molecule has 0 amide bonds. The minimum Gasteiger partial charge on any atom is -0.497 e. The Bertz CT molecular complexity index is 531. The van der Waals surface area contributed by atoms with Crippen LogP contribution in [0.5, 0.6) is 5.75 Å². The summed E-state index contributed by atoms with van der Waals surface area (Å²) in [6, 6.07) is 6.97. The van der Waals surface area contributed by atoms with Crippen LogP contribution < -0.4 is 4.74 Å². The fourth-order valence-corrected chi connectivity index (χ4v) is 1.69. The van der Waals surface area contributed by atoms with Crippen LogP contribution in [0.2, 0.25) is 0 Å². The second kappa shape index (κ2) is 5.44. The molecule has 0 saturated heterocycles. The number of hydrogen-bond donors (Lipinski definition) is 0. The van der Waals surface area contributed by atoms with Gasteiger partial charge in [0.25, 0.3) is 0 Å². The summed E-state index contributed by atoms with van der Waals surface area (Å²) in [4.78, 5) is 16.3. The van der Waals surface area contributed by atoms with Crippen LogP contribution in [0.25, 0.3) is 0 Å². The Morgan fingerprint density at radius 2 is 2.06 bits per heavy atom. The van der Waals surface area contributed by atoms with Crippen molar-refractivity contribution in [2.45, 2.75) is 19.9 Å². The highest BCUT2D eigenvalue weighted by Gasteiger charge is 2.15. The van der Waals surface area contributed by atoms with E-state index in [1.165, 1.54) is 6.33 Å². The SMILES string of the molecule is CCCn1ncnc1C(=O)c1ccc(OC)cc1. The Morgan fingerprint density at radius 1 is 1.33 bits per heavy atom. The zero-order valence-corrected chi connectivity index (χ0v) is 10.5. The molecule has 1 heterocycles. The highest BCUT2D eigenvalue weighted by molar-refractivity contribution is 6.06. The molecule has 0 bridgehead atoms. The number of ether oxygens (including phenoxy) is 1. The summed E-state index contributed by atoms with van der Waals surface area (Å²) in [6.45, 7) is 2.72. The largest absolute Gasteiger partial charge is 0.497 e. The number of carbonyl (C=O) groups excluding carboxylic acids is 1.